The van der Waals surface area contributed by atoms with E-state index >= 15 is 0 Å². The Morgan fingerprint density at radius 2 is 2.04 bits per heavy atom. The van der Waals surface area contributed by atoms with Gasteiger partial charge in [-0.3, -0.25) is 4.57 Å². The second kappa shape index (κ2) is 8.46. The summed E-state index contributed by atoms with van der Waals surface area (Å²) in [7, 11) is 3.45. The van der Waals surface area contributed by atoms with E-state index in [4.69, 9.17) is 9.47 Å². The molecule has 0 spiro atoms. The van der Waals surface area contributed by atoms with Crippen LogP contribution in [0.25, 0.3) is 10.9 Å². The average molecular weight is 457 g/mol. The van der Waals surface area contributed by atoms with Gasteiger partial charge in [-0.2, -0.15) is 4.98 Å². The zero-order chi connectivity index (χ0) is 17.8. The molecule has 3 rings (SSSR count). The molecule has 1 aliphatic carbocycles. The molecule has 1 aromatic heterocycles. The summed E-state index contributed by atoms with van der Waals surface area (Å²) in [5.41, 5.74) is 0.673. The van der Waals surface area contributed by atoms with Crippen molar-refractivity contribution in [2.45, 2.75) is 37.8 Å². The van der Waals surface area contributed by atoms with E-state index in [2.05, 4.69) is 39.0 Å². The number of aryl methyl sites for hydroxylation is 1. The molecule has 0 atom stereocenters. The Morgan fingerprint density at radius 1 is 1.28 bits per heavy atom. The minimum atomic E-state index is -0.229. The summed E-state index contributed by atoms with van der Waals surface area (Å²) in [6, 6.07) is 6.38. The number of methoxy groups -OCH3 is 1. The molecule has 0 saturated heterocycles. The van der Waals surface area contributed by atoms with Gasteiger partial charge in [0.1, 0.15) is 5.82 Å². The van der Waals surface area contributed by atoms with E-state index in [1.807, 2.05) is 12.1 Å². The van der Waals surface area contributed by atoms with Crippen molar-refractivity contribution in [2.24, 2.45) is 7.05 Å². The maximum absolute atomic E-state index is 12.2. The van der Waals surface area contributed by atoms with Crippen molar-refractivity contribution in [3.8, 4) is 0 Å². The number of aromatic nitrogens is 2. The lowest BCUT2D eigenvalue weighted by Crippen LogP contribution is -2.32. The summed E-state index contributed by atoms with van der Waals surface area (Å²) in [6.07, 6.45) is 4.37. The molecule has 7 heteroatoms. The largest absolute Gasteiger partial charge is 0.382 e. The van der Waals surface area contributed by atoms with Crippen molar-refractivity contribution >= 4 is 39.3 Å². The van der Waals surface area contributed by atoms with Gasteiger partial charge in [-0.15, -0.1) is 0 Å². The second-order valence-corrected chi connectivity index (χ2v) is 7.69. The number of hydrogen-bond donors (Lipinski definition) is 1. The molecule has 1 saturated carbocycles. The van der Waals surface area contributed by atoms with Crippen molar-refractivity contribution in [1.82, 2.24) is 9.55 Å². The molecule has 1 fully saturated rings. The fourth-order valence-corrected chi connectivity index (χ4v) is 3.79. The molecular formula is C18H24IN3O3. The van der Waals surface area contributed by atoms with Crippen molar-refractivity contribution < 1.29 is 9.47 Å². The monoisotopic (exact) mass is 457 g/mol. The molecule has 0 radical (unpaired) electrons. The molecule has 0 amide bonds. The van der Waals surface area contributed by atoms with Crippen LogP contribution in [0, 0.1) is 3.57 Å². The molecule has 1 heterocycles. The van der Waals surface area contributed by atoms with Crippen molar-refractivity contribution in [3.05, 3.63) is 32.3 Å². The number of hydrogen-bond acceptors (Lipinski definition) is 5. The molecule has 136 valence electrons. The Hall–Kier alpha value is -1.19. The molecule has 25 heavy (non-hydrogen) atoms. The summed E-state index contributed by atoms with van der Waals surface area (Å²) in [6.45, 7) is 1.29. The molecule has 0 bridgehead atoms. The number of fused-ring (bicyclic) bond motifs is 1. The molecule has 6 nitrogen and oxygen atoms in total. The van der Waals surface area contributed by atoms with E-state index in [1.165, 1.54) is 0 Å². The second-order valence-electron chi connectivity index (χ2n) is 6.45. The first-order valence-electron chi connectivity index (χ1n) is 8.62. The summed E-state index contributed by atoms with van der Waals surface area (Å²) in [5.74, 6) is 0.695. The lowest BCUT2D eigenvalue weighted by molar-refractivity contribution is -0.00155. The van der Waals surface area contributed by atoms with Gasteiger partial charge in [-0.25, -0.2) is 4.79 Å². The minimum Gasteiger partial charge on any atom is -0.382 e. The van der Waals surface area contributed by atoms with E-state index in [0.29, 0.717) is 31.2 Å². The Bertz CT molecular complexity index is 785. The number of anilines is 1. The Morgan fingerprint density at radius 3 is 2.76 bits per heavy atom. The minimum absolute atomic E-state index is 0.229. The maximum atomic E-state index is 12.2. The fourth-order valence-electron chi connectivity index (χ4n) is 3.30. The zero-order valence-corrected chi connectivity index (χ0v) is 16.8. The van der Waals surface area contributed by atoms with Crippen LogP contribution in [0.3, 0.4) is 0 Å². The van der Waals surface area contributed by atoms with Gasteiger partial charge in [-0.05, 0) is 66.5 Å². The van der Waals surface area contributed by atoms with Gasteiger partial charge in [-0.1, -0.05) is 0 Å². The van der Waals surface area contributed by atoms with Crippen LogP contribution in [-0.4, -0.2) is 42.0 Å². The third kappa shape index (κ3) is 4.51. The maximum Gasteiger partial charge on any atom is 0.349 e. The Balaban J connectivity index is 1.71. The first kappa shape index (κ1) is 18.6. The van der Waals surface area contributed by atoms with Crippen LogP contribution in [0.15, 0.2) is 23.0 Å². The van der Waals surface area contributed by atoms with Crippen LogP contribution in [-0.2, 0) is 16.5 Å². The van der Waals surface area contributed by atoms with Crippen LogP contribution in [0.5, 0.6) is 0 Å². The quantitative estimate of drug-likeness (QED) is 0.534. The highest BCUT2D eigenvalue weighted by Crippen LogP contribution is 2.27. The predicted molar refractivity (Wildman–Crippen MR) is 107 cm³/mol. The van der Waals surface area contributed by atoms with Gasteiger partial charge in [0.05, 0.1) is 24.8 Å². The summed E-state index contributed by atoms with van der Waals surface area (Å²) in [4.78, 5) is 16.4. The van der Waals surface area contributed by atoms with Crippen LogP contribution >= 0.6 is 22.6 Å². The van der Waals surface area contributed by atoms with Crippen molar-refractivity contribution in [3.63, 3.8) is 0 Å². The molecule has 1 aliphatic rings. The molecule has 0 unspecified atom stereocenters. The van der Waals surface area contributed by atoms with Gasteiger partial charge in [0.25, 0.3) is 0 Å². The predicted octanol–water partition coefficient (Wildman–Crippen LogP) is 2.92. The lowest BCUT2D eigenvalue weighted by Gasteiger charge is -2.29. The van der Waals surface area contributed by atoms with E-state index in [0.717, 1.165) is 40.2 Å². The first-order chi connectivity index (χ1) is 12.1. The summed E-state index contributed by atoms with van der Waals surface area (Å²) in [5, 5.41) is 4.49. The van der Waals surface area contributed by atoms with Gasteiger partial charge in [0.2, 0.25) is 0 Å². The van der Waals surface area contributed by atoms with E-state index in [-0.39, 0.29) is 5.69 Å². The highest BCUT2D eigenvalue weighted by atomic mass is 127. The van der Waals surface area contributed by atoms with Crippen LogP contribution in [0.2, 0.25) is 0 Å². The average Bonchev–Trinajstić information content (AvgIpc) is 2.61. The van der Waals surface area contributed by atoms with Crippen LogP contribution in [0.1, 0.15) is 25.7 Å². The van der Waals surface area contributed by atoms with Gasteiger partial charge in [0, 0.05) is 29.2 Å². The van der Waals surface area contributed by atoms with E-state index < -0.39 is 0 Å². The van der Waals surface area contributed by atoms with Crippen molar-refractivity contribution in [2.75, 3.05) is 25.6 Å². The number of rotatable bonds is 6. The SMILES string of the molecule is COCCOC1CCC(Nc2nc(=O)n(C)c3ccc(I)cc23)CC1. The molecule has 1 N–H and O–H groups in total. The Kier molecular flexibility index (Phi) is 6.29. The van der Waals surface area contributed by atoms with E-state index in [9.17, 15) is 4.79 Å². The first-order valence-corrected chi connectivity index (χ1v) is 9.69. The molecular weight excluding hydrogens is 433 g/mol. The topological polar surface area (TPSA) is 65.4 Å². The molecule has 0 aliphatic heterocycles. The molecule has 1 aromatic carbocycles. The van der Waals surface area contributed by atoms with Gasteiger partial charge >= 0.3 is 5.69 Å². The lowest BCUT2D eigenvalue weighted by atomic mass is 9.93. The van der Waals surface area contributed by atoms with Crippen molar-refractivity contribution in [1.29, 1.82) is 0 Å². The summed E-state index contributed by atoms with van der Waals surface area (Å²) >= 11 is 2.28. The Labute approximate surface area is 161 Å². The summed E-state index contributed by atoms with van der Waals surface area (Å²) < 4.78 is 13.6. The number of nitrogens with one attached hydrogen (secondary N) is 1. The third-order valence-corrected chi connectivity index (χ3v) is 5.40. The van der Waals surface area contributed by atoms with Crippen LogP contribution in [0.4, 0.5) is 5.82 Å². The number of benzene rings is 1. The van der Waals surface area contributed by atoms with Gasteiger partial charge < -0.3 is 14.8 Å². The standard InChI is InChI=1S/C18H24IN3O3/c1-22-16-8-3-12(19)11-15(16)17(21-18(22)23)20-13-4-6-14(7-5-13)25-10-9-24-2/h3,8,11,13-14H,4-7,9-10H2,1-2H3,(H,20,21,23). The van der Waals surface area contributed by atoms with Gasteiger partial charge in [0.15, 0.2) is 0 Å². The fraction of sp³-hybridized carbons (Fsp3) is 0.556. The third-order valence-electron chi connectivity index (χ3n) is 4.73. The normalized spacial score (nSPS) is 20.8. The number of nitrogens with zero attached hydrogens (tertiary/aromatic N) is 2. The zero-order valence-electron chi connectivity index (χ0n) is 14.6. The van der Waals surface area contributed by atoms with E-state index in [1.54, 1.807) is 18.7 Å². The number of halogens is 1. The van der Waals surface area contributed by atoms with Crippen LogP contribution < -0.4 is 11.0 Å². The number of ether oxygens (including phenoxy) is 2. The highest BCUT2D eigenvalue weighted by Gasteiger charge is 2.22. The smallest absolute Gasteiger partial charge is 0.349 e. The highest BCUT2D eigenvalue weighted by molar-refractivity contribution is 14.1. The molecule has 2 aromatic rings.